The first-order valence-electron chi connectivity index (χ1n) is 8.67. The molecule has 0 unspecified atom stereocenters. The molecular weight excluding hydrogens is 325 g/mol. The third kappa shape index (κ3) is 6.01. The van der Waals surface area contributed by atoms with E-state index in [9.17, 15) is 14.0 Å². The number of hydrogen-bond acceptors (Lipinski definition) is 4. The van der Waals surface area contributed by atoms with Crippen LogP contribution in [-0.4, -0.2) is 60.9 Å². The molecule has 0 radical (unpaired) electrons. The molecule has 2 rings (SSSR count). The summed E-state index contributed by atoms with van der Waals surface area (Å²) in [7, 11) is 0. The van der Waals surface area contributed by atoms with E-state index in [0.29, 0.717) is 38.5 Å². The van der Waals surface area contributed by atoms with Crippen LogP contribution in [0.1, 0.15) is 19.8 Å². The molecule has 1 fully saturated rings. The SMILES string of the molecule is CCN(CCOc1ccc(F)cc1)C(=O)C1CCN(CC(N)=O)CC1. The van der Waals surface area contributed by atoms with Crippen LogP contribution in [0.3, 0.4) is 0 Å². The summed E-state index contributed by atoms with van der Waals surface area (Å²) >= 11 is 0. The van der Waals surface area contributed by atoms with Gasteiger partial charge in [-0.2, -0.15) is 0 Å². The van der Waals surface area contributed by atoms with Gasteiger partial charge in [0.2, 0.25) is 11.8 Å². The van der Waals surface area contributed by atoms with E-state index < -0.39 is 0 Å². The van der Waals surface area contributed by atoms with Crippen molar-refractivity contribution in [1.29, 1.82) is 0 Å². The lowest BCUT2D eigenvalue weighted by Gasteiger charge is -2.33. The first kappa shape index (κ1) is 19.2. The van der Waals surface area contributed by atoms with Gasteiger partial charge in [-0.1, -0.05) is 0 Å². The van der Waals surface area contributed by atoms with Crippen LogP contribution in [0.4, 0.5) is 4.39 Å². The van der Waals surface area contributed by atoms with E-state index in [2.05, 4.69) is 0 Å². The number of carbonyl (C=O) groups excluding carboxylic acids is 2. The van der Waals surface area contributed by atoms with Gasteiger partial charge in [0.05, 0.1) is 13.1 Å². The van der Waals surface area contributed by atoms with Crippen molar-refractivity contribution in [1.82, 2.24) is 9.80 Å². The Morgan fingerprint density at radius 1 is 1.28 bits per heavy atom. The molecule has 0 spiro atoms. The molecule has 0 aromatic heterocycles. The minimum Gasteiger partial charge on any atom is -0.492 e. The highest BCUT2D eigenvalue weighted by Crippen LogP contribution is 2.19. The van der Waals surface area contributed by atoms with Crippen molar-refractivity contribution in [2.45, 2.75) is 19.8 Å². The molecule has 0 aliphatic carbocycles. The second-order valence-electron chi connectivity index (χ2n) is 6.24. The molecule has 25 heavy (non-hydrogen) atoms. The van der Waals surface area contributed by atoms with E-state index in [4.69, 9.17) is 10.5 Å². The summed E-state index contributed by atoms with van der Waals surface area (Å²) < 4.78 is 18.4. The fourth-order valence-corrected chi connectivity index (χ4v) is 3.05. The van der Waals surface area contributed by atoms with E-state index >= 15 is 0 Å². The van der Waals surface area contributed by atoms with Gasteiger partial charge in [-0.05, 0) is 57.1 Å². The van der Waals surface area contributed by atoms with Gasteiger partial charge in [0.25, 0.3) is 0 Å². The number of primary amides is 1. The first-order chi connectivity index (χ1) is 12.0. The van der Waals surface area contributed by atoms with E-state index in [0.717, 1.165) is 12.8 Å². The summed E-state index contributed by atoms with van der Waals surface area (Å²) in [6.45, 7) is 5.10. The maximum absolute atomic E-state index is 12.9. The Labute approximate surface area is 147 Å². The van der Waals surface area contributed by atoms with Gasteiger partial charge in [0.15, 0.2) is 0 Å². The summed E-state index contributed by atoms with van der Waals surface area (Å²) in [5.74, 6) is 0.0572. The van der Waals surface area contributed by atoms with Crippen molar-refractivity contribution in [2.75, 3.05) is 39.3 Å². The third-order valence-electron chi connectivity index (χ3n) is 4.45. The predicted molar refractivity (Wildman–Crippen MR) is 92.5 cm³/mol. The number of likely N-dealkylation sites (tertiary alicyclic amines) is 1. The van der Waals surface area contributed by atoms with Crippen molar-refractivity contribution in [3.05, 3.63) is 30.1 Å². The van der Waals surface area contributed by atoms with Gasteiger partial charge in [0, 0.05) is 12.5 Å². The average Bonchev–Trinajstić information content (AvgIpc) is 2.60. The number of halogens is 1. The van der Waals surface area contributed by atoms with Gasteiger partial charge >= 0.3 is 0 Å². The minimum atomic E-state index is -0.335. The van der Waals surface area contributed by atoms with Crippen LogP contribution in [0.2, 0.25) is 0 Å². The number of carbonyl (C=O) groups is 2. The number of piperidine rings is 1. The Bertz CT molecular complexity index is 571. The normalized spacial score (nSPS) is 15.8. The third-order valence-corrected chi connectivity index (χ3v) is 4.45. The second kappa shape index (κ2) is 9.36. The highest BCUT2D eigenvalue weighted by Gasteiger charge is 2.28. The zero-order valence-electron chi connectivity index (χ0n) is 14.6. The molecule has 2 amide bonds. The molecule has 1 heterocycles. The molecule has 1 aliphatic heterocycles. The Balaban J connectivity index is 1.76. The van der Waals surface area contributed by atoms with Crippen LogP contribution in [0.25, 0.3) is 0 Å². The number of amides is 2. The fraction of sp³-hybridized carbons (Fsp3) is 0.556. The van der Waals surface area contributed by atoms with E-state index in [1.54, 1.807) is 17.0 Å². The topological polar surface area (TPSA) is 75.9 Å². The lowest BCUT2D eigenvalue weighted by molar-refractivity contribution is -0.137. The first-order valence-corrected chi connectivity index (χ1v) is 8.67. The molecule has 0 bridgehead atoms. The molecule has 0 saturated carbocycles. The zero-order valence-corrected chi connectivity index (χ0v) is 14.6. The second-order valence-corrected chi connectivity index (χ2v) is 6.24. The lowest BCUT2D eigenvalue weighted by Crippen LogP contribution is -2.45. The number of hydrogen-bond donors (Lipinski definition) is 1. The van der Waals surface area contributed by atoms with Gasteiger partial charge in [-0.3, -0.25) is 14.5 Å². The summed E-state index contributed by atoms with van der Waals surface area (Å²) in [4.78, 5) is 27.4. The molecule has 1 aromatic rings. The van der Waals surface area contributed by atoms with Gasteiger partial charge in [-0.25, -0.2) is 4.39 Å². The van der Waals surface area contributed by atoms with Crippen LogP contribution in [0.15, 0.2) is 24.3 Å². The van der Waals surface area contributed by atoms with Gasteiger partial charge < -0.3 is 15.4 Å². The van der Waals surface area contributed by atoms with Gasteiger partial charge in [-0.15, -0.1) is 0 Å². The molecule has 138 valence electrons. The van der Waals surface area contributed by atoms with E-state index in [-0.39, 0.29) is 30.1 Å². The number of rotatable bonds is 8. The summed E-state index contributed by atoms with van der Waals surface area (Å²) in [5, 5.41) is 0. The van der Waals surface area contributed by atoms with Crippen LogP contribution in [-0.2, 0) is 9.59 Å². The van der Waals surface area contributed by atoms with E-state index in [1.165, 1.54) is 12.1 Å². The Morgan fingerprint density at radius 2 is 1.92 bits per heavy atom. The predicted octanol–water partition coefficient (Wildman–Crippen LogP) is 1.25. The highest BCUT2D eigenvalue weighted by atomic mass is 19.1. The number of ether oxygens (including phenoxy) is 1. The van der Waals surface area contributed by atoms with Crippen molar-refractivity contribution in [2.24, 2.45) is 11.7 Å². The maximum atomic E-state index is 12.9. The maximum Gasteiger partial charge on any atom is 0.231 e. The lowest BCUT2D eigenvalue weighted by atomic mass is 9.95. The number of nitrogens with two attached hydrogens (primary N) is 1. The molecule has 1 saturated heterocycles. The Kier molecular flexibility index (Phi) is 7.18. The average molecular weight is 351 g/mol. The number of benzene rings is 1. The minimum absolute atomic E-state index is 0.0186. The van der Waals surface area contributed by atoms with Crippen molar-refractivity contribution < 1.29 is 18.7 Å². The highest BCUT2D eigenvalue weighted by molar-refractivity contribution is 5.79. The summed E-state index contributed by atoms with van der Waals surface area (Å²) in [6, 6.07) is 5.83. The van der Waals surface area contributed by atoms with Crippen LogP contribution in [0, 0.1) is 11.7 Å². The molecule has 0 atom stereocenters. The van der Waals surface area contributed by atoms with Crippen LogP contribution in [0.5, 0.6) is 5.75 Å². The smallest absolute Gasteiger partial charge is 0.231 e. The zero-order chi connectivity index (χ0) is 18.2. The van der Waals surface area contributed by atoms with Gasteiger partial charge in [0.1, 0.15) is 18.2 Å². The molecule has 1 aliphatic rings. The molecular formula is C18H26FN3O3. The van der Waals surface area contributed by atoms with Crippen LogP contribution < -0.4 is 10.5 Å². The Morgan fingerprint density at radius 3 is 2.48 bits per heavy atom. The van der Waals surface area contributed by atoms with Crippen molar-refractivity contribution >= 4 is 11.8 Å². The summed E-state index contributed by atoms with van der Waals surface area (Å²) in [5.41, 5.74) is 5.21. The standard InChI is InChI=1S/C18H26FN3O3/c1-2-22(11-12-25-16-5-3-15(19)4-6-16)18(24)14-7-9-21(10-8-14)13-17(20)23/h3-6,14H,2,7-13H2,1H3,(H2,20,23). The Hall–Kier alpha value is -2.15. The number of likely N-dealkylation sites (N-methyl/N-ethyl adjacent to an activating group) is 1. The largest absolute Gasteiger partial charge is 0.492 e. The summed E-state index contributed by atoms with van der Waals surface area (Å²) in [6.07, 6.45) is 1.48. The molecule has 6 nitrogen and oxygen atoms in total. The quantitative estimate of drug-likeness (QED) is 0.765. The fourth-order valence-electron chi connectivity index (χ4n) is 3.05. The van der Waals surface area contributed by atoms with Crippen molar-refractivity contribution in [3.63, 3.8) is 0 Å². The van der Waals surface area contributed by atoms with Crippen LogP contribution >= 0.6 is 0 Å². The number of nitrogens with zero attached hydrogens (tertiary/aromatic N) is 2. The molecule has 7 heteroatoms. The monoisotopic (exact) mass is 351 g/mol. The molecule has 1 aromatic carbocycles. The molecule has 2 N–H and O–H groups in total. The van der Waals surface area contributed by atoms with E-state index in [1.807, 2.05) is 11.8 Å². The van der Waals surface area contributed by atoms with Crippen molar-refractivity contribution in [3.8, 4) is 5.75 Å².